The molecule has 0 heterocycles. The van der Waals surface area contributed by atoms with Crippen LogP contribution in [0.25, 0.3) is 10.8 Å². The third kappa shape index (κ3) is 6.15. The summed E-state index contributed by atoms with van der Waals surface area (Å²) in [5.74, 6) is 0.323. The van der Waals surface area contributed by atoms with E-state index in [1.54, 1.807) is 12.1 Å². The minimum atomic E-state index is 0.323. The van der Waals surface area contributed by atoms with E-state index in [2.05, 4.69) is 38.1 Å². The zero-order valence-corrected chi connectivity index (χ0v) is 14.7. The molecule has 122 valence electrons. The van der Waals surface area contributed by atoms with Crippen LogP contribution in [0.4, 0.5) is 0 Å². The fraction of sp³-hybridized carbons (Fsp3) is 0.273. The average molecular weight is 308 g/mol. The lowest BCUT2D eigenvalue weighted by Gasteiger charge is -1.97. The Morgan fingerprint density at radius 3 is 1.61 bits per heavy atom. The van der Waals surface area contributed by atoms with Gasteiger partial charge in [0.25, 0.3) is 0 Å². The number of rotatable bonds is 2. The van der Waals surface area contributed by atoms with Crippen molar-refractivity contribution in [3.8, 4) is 5.75 Å². The summed E-state index contributed by atoms with van der Waals surface area (Å²) in [4.78, 5) is 0. The van der Waals surface area contributed by atoms with Gasteiger partial charge < -0.3 is 5.11 Å². The Kier molecular flexibility index (Phi) is 8.52. The monoisotopic (exact) mass is 308 g/mol. The van der Waals surface area contributed by atoms with E-state index < -0.39 is 0 Å². The lowest BCUT2D eigenvalue weighted by atomic mass is 10.1. The third-order valence-corrected chi connectivity index (χ3v) is 3.57. The molecule has 1 heteroatoms. The highest BCUT2D eigenvalue weighted by atomic mass is 16.3. The van der Waals surface area contributed by atoms with E-state index in [9.17, 15) is 0 Å². The maximum atomic E-state index is 9.13. The van der Waals surface area contributed by atoms with Crippen LogP contribution in [-0.4, -0.2) is 5.11 Å². The van der Waals surface area contributed by atoms with Gasteiger partial charge in [0.15, 0.2) is 0 Å². The number of benzene rings is 3. The predicted octanol–water partition coefficient (Wildman–Crippen LogP) is 6.38. The van der Waals surface area contributed by atoms with Gasteiger partial charge in [-0.05, 0) is 46.9 Å². The highest BCUT2D eigenvalue weighted by molar-refractivity contribution is 5.83. The molecule has 3 aromatic carbocycles. The second-order valence-corrected chi connectivity index (χ2v) is 5.06. The summed E-state index contributed by atoms with van der Waals surface area (Å²) < 4.78 is 0. The molecule has 0 unspecified atom stereocenters. The van der Waals surface area contributed by atoms with Crippen LogP contribution in [0, 0.1) is 0 Å². The van der Waals surface area contributed by atoms with Crippen LogP contribution in [0.2, 0.25) is 0 Å². The van der Waals surface area contributed by atoms with Gasteiger partial charge >= 0.3 is 0 Å². The summed E-state index contributed by atoms with van der Waals surface area (Å²) in [5.41, 5.74) is 2.86. The number of aromatic hydroxyl groups is 1. The van der Waals surface area contributed by atoms with Crippen molar-refractivity contribution in [2.75, 3.05) is 0 Å². The smallest absolute Gasteiger partial charge is 0.116 e. The first-order chi connectivity index (χ1) is 11.2. The SMILES string of the molecule is CC.CCc1ccc(CC)cc1.Oc1ccc2ccccc2c1. The molecule has 23 heavy (non-hydrogen) atoms. The van der Waals surface area contributed by atoms with Crippen molar-refractivity contribution in [3.63, 3.8) is 0 Å². The highest BCUT2D eigenvalue weighted by Crippen LogP contribution is 2.18. The fourth-order valence-corrected chi connectivity index (χ4v) is 2.19. The van der Waals surface area contributed by atoms with Gasteiger partial charge in [0.1, 0.15) is 5.75 Å². The van der Waals surface area contributed by atoms with Crippen molar-refractivity contribution < 1.29 is 5.11 Å². The summed E-state index contributed by atoms with van der Waals surface area (Å²) in [6, 6.07) is 22.1. The van der Waals surface area contributed by atoms with Crippen molar-refractivity contribution >= 4 is 10.8 Å². The van der Waals surface area contributed by atoms with Crippen molar-refractivity contribution in [1.82, 2.24) is 0 Å². The zero-order chi connectivity index (χ0) is 17.1. The molecule has 0 radical (unpaired) electrons. The summed E-state index contributed by atoms with van der Waals surface area (Å²) >= 11 is 0. The zero-order valence-electron chi connectivity index (χ0n) is 14.7. The molecule has 3 aromatic rings. The average Bonchev–Trinajstić information content (AvgIpc) is 2.64. The van der Waals surface area contributed by atoms with Crippen LogP contribution in [-0.2, 0) is 12.8 Å². The van der Waals surface area contributed by atoms with Crippen LogP contribution in [0.5, 0.6) is 5.75 Å². The van der Waals surface area contributed by atoms with Gasteiger partial charge in [0.05, 0.1) is 0 Å². The van der Waals surface area contributed by atoms with Gasteiger partial charge in [0, 0.05) is 0 Å². The van der Waals surface area contributed by atoms with Gasteiger partial charge in [-0.2, -0.15) is 0 Å². The second kappa shape index (κ2) is 10.4. The van der Waals surface area contributed by atoms with E-state index in [0.29, 0.717) is 5.75 Å². The first-order valence-electron chi connectivity index (χ1n) is 8.48. The number of phenols is 1. The Hall–Kier alpha value is -2.28. The molecule has 0 saturated heterocycles. The molecular formula is C22H28O. The second-order valence-electron chi connectivity index (χ2n) is 5.06. The lowest BCUT2D eigenvalue weighted by molar-refractivity contribution is 0.476. The van der Waals surface area contributed by atoms with E-state index in [1.807, 2.05) is 44.2 Å². The third-order valence-electron chi connectivity index (χ3n) is 3.57. The Balaban J connectivity index is 0.000000209. The van der Waals surface area contributed by atoms with Gasteiger partial charge in [-0.3, -0.25) is 0 Å². The lowest BCUT2D eigenvalue weighted by Crippen LogP contribution is -1.81. The molecule has 3 rings (SSSR count). The van der Waals surface area contributed by atoms with Gasteiger partial charge in [-0.1, -0.05) is 82.3 Å². The summed E-state index contributed by atoms with van der Waals surface area (Å²) in [6.07, 6.45) is 2.29. The van der Waals surface area contributed by atoms with E-state index >= 15 is 0 Å². The van der Waals surface area contributed by atoms with Crippen LogP contribution < -0.4 is 0 Å². The predicted molar refractivity (Wildman–Crippen MR) is 102 cm³/mol. The summed E-state index contributed by atoms with van der Waals surface area (Å²) in [6.45, 7) is 8.36. The Morgan fingerprint density at radius 1 is 0.652 bits per heavy atom. The van der Waals surface area contributed by atoms with Crippen LogP contribution in [0.3, 0.4) is 0 Å². The molecule has 0 aromatic heterocycles. The van der Waals surface area contributed by atoms with E-state index in [0.717, 1.165) is 23.6 Å². The van der Waals surface area contributed by atoms with Gasteiger partial charge in [-0.15, -0.1) is 0 Å². The molecule has 1 N–H and O–H groups in total. The normalized spacial score (nSPS) is 9.39. The van der Waals surface area contributed by atoms with Gasteiger partial charge in [0.2, 0.25) is 0 Å². The number of hydrogen-bond donors (Lipinski definition) is 1. The van der Waals surface area contributed by atoms with Crippen LogP contribution in [0.1, 0.15) is 38.8 Å². The van der Waals surface area contributed by atoms with E-state index in [1.165, 1.54) is 11.1 Å². The quantitative estimate of drug-likeness (QED) is 0.582. The molecule has 0 amide bonds. The van der Waals surface area contributed by atoms with E-state index in [-0.39, 0.29) is 0 Å². The summed E-state index contributed by atoms with van der Waals surface area (Å²) in [7, 11) is 0. The number of phenolic OH excluding ortho intramolecular Hbond substituents is 1. The topological polar surface area (TPSA) is 20.2 Å². The van der Waals surface area contributed by atoms with Crippen molar-refractivity contribution in [1.29, 1.82) is 0 Å². The molecule has 0 atom stereocenters. The van der Waals surface area contributed by atoms with Crippen molar-refractivity contribution in [2.24, 2.45) is 0 Å². The first kappa shape index (κ1) is 18.8. The molecule has 0 spiro atoms. The molecule has 0 saturated carbocycles. The minimum absolute atomic E-state index is 0.323. The van der Waals surface area contributed by atoms with Crippen LogP contribution in [0.15, 0.2) is 66.7 Å². The maximum absolute atomic E-state index is 9.13. The fourth-order valence-electron chi connectivity index (χ4n) is 2.19. The highest BCUT2D eigenvalue weighted by Gasteiger charge is 1.91. The van der Waals surface area contributed by atoms with Crippen molar-refractivity contribution in [3.05, 3.63) is 77.9 Å². The van der Waals surface area contributed by atoms with Gasteiger partial charge in [-0.25, -0.2) is 0 Å². The Morgan fingerprint density at radius 2 is 1.13 bits per heavy atom. The number of hydrogen-bond acceptors (Lipinski definition) is 1. The number of fused-ring (bicyclic) bond motifs is 1. The summed E-state index contributed by atoms with van der Waals surface area (Å²) in [5, 5.41) is 11.4. The molecule has 0 fully saturated rings. The Bertz CT molecular complexity index is 661. The maximum Gasteiger partial charge on any atom is 0.116 e. The van der Waals surface area contributed by atoms with Crippen LogP contribution >= 0.6 is 0 Å². The van der Waals surface area contributed by atoms with E-state index in [4.69, 9.17) is 5.11 Å². The molecule has 0 aliphatic rings. The molecule has 0 aliphatic heterocycles. The molecule has 0 aliphatic carbocycles. The Labute approximate surface area is 140 Å². The number of aryl methyl sites for hydroxylation is 2. The molecule has 1 nitrogen and oxygen atoms in total. The molecule has 0 bridgehead atoms. The minimum Gasteiger partial charge on any atom is -0.508 e. The van der Waals surface area contributed by atoms with Crippen molar-refractivity contribution in [2.45, 2.75) is 40.5 Å². The first-order valence-corrected chi connectivity index (χ1v) is 8.48. The standard InChI is InChI=1S/C10H8O.C10H14.C2H6/c11-10-6-5-8-3-1-2-4-9(8)7-10;1-3-9-5-7-10(4-2)8-6-9;1-2/h1-7,11H;5-8H,3-4H2,1-2H3;1-2H3. The molecular weight excluding hydrogens is 280 g/mol. The largest absolute Gasteiger partial charge is 0.508 e.